The van der Waals surface area contributed by atoms with Crippen molar-refractivity contribution in [2.45, 2.75) is 12.2 Å². The molecule has 0 aromatic heterocycles. The van der Waals surface area contributed by atoms with Gasteiger partial charge in [-0.1, -0.05) is 36.4 Å². The van der Waals surface area contributed by atoms with Gasteiger partial charge in [-0.15, -0.1) is 0 Å². The molecule has 1 aliphatic heterocycles. The molecule has 0 unspecified atom stereocenters. The number of anilines is 2. The van der Waals surface area contributed by atoms with Gasteiger partial charge in [0, 0.05) is 29.0 Å². The fourth-order valence-electron chi connectivity index (χ4n) is 3.55. The van der Waals surface area contributed by atoms with E-state index in [-0.39, 0.29) is 31.0 Å². The normalized spacial score (nSPS) is 13.7. The van der Waals surface area contributed by atoms with Gasteiger partial charge in [-0.05, 0) is 35.2 Å². The molecular weight excluding hydrogens is 330 g/mol. The molecule has 0 saturated carbocycles. The minimum atomic E-state index is -0.306. The Morgan fingerprint density at radius 3 is 2.23 bits per heavy atom. The molecule has 0 aliphatic carbocycles. The lowest BCUT2D eigenvalue weighted by Crippen LogP contribution is -2.44. The van der Waals surface area contributed by atoms with Gasteiger partial charge in [-0.3, -0.25) is 4.79 Å². The zero-order valence-electron chi connectivity index (χ0n) is 14.3. The molecule has 0 saturated heterocycles. The maximum absolute atomic E-state index is 13.3. The summed E-state index contributed by atoms with van der Waals surface area (Å²) >= 11 is 0. The first-order valence-corrected chi connectivity index (χ1v) is 8.53. The van der Waals surface area contributed by atoms with E-state index in [4.69, 9.17) is 4.74 Å². The number of halogens is 1. The lowest BCUT2D eigenvalue weighted by molar-refractivity contribution is -0.140. The fourth-order valence-corrected chi connectivity index (χ4v) is 3.55. The summed E-state index contributed by atoms with van der Waals surface area (Å²) in [7, 11) is 1.38. The molecule has 6 heteroatoms. The number of nitrogens with one attached hydrogen (secondary N) is 2. The standard InChI is InChI=1S/C20H18BFN2O2/c1-26-19(25)12-16(13-8-10-15(22)11-9-13)21-23-17-6-2-4-14-5-3-7-18(24-21)20(14)17/h2-11,16,23-24H,12H2,1H3/t16-/m1/s1. The van der Waals surface area contributed by atoms with Crippen LogP contribution >= 0.6 is 0 Å². The summed E-state index contributed by atoms with van der Waals surface area (Å²) in [6, 6.07) is 18.5. The predicted molar refractivity (Wildman–Crippen MR) is 103 cm³/mol. The number of hydrogen-bond donors (Lipinski definition) is 2. The van der Waals surface area contributed by atoms with Crippen molar-refractivity contribution < 1.29 is 13.9 Å². The third-order valence-electron chi connectivity index (χ3n) is 4.84. The largest absolute Gasteiger partial charge is 0.469 e. The molecule has 0 fully saturated rings. The molecule has 26 heavy (non-hydrogen) atoms. The summed E-state index contributed by atoms with van der Waals surface area (Å²) in [5.41, 5.74) is 2.89. The first kappa shape index (κ1) is 16.5. The van der Waals surface area contributed by atoms with Gasteiger partial charge in [0.1, 0.15) is 5.82 Å². The Kier molecular flexibility index (Phi) is 4.25. The van der Waals surface area contributed by atoms with Gasteiger partial charge in [-0.2, -0.15) is 0 Å². The minimum absolute atomic E-state index is 0.185. The number of esters is 1. The average Bonchev–Trinajstić information content (AvgIpc) is 2.67. The van der Waals surface area contributed by atoms with Crippen molar-refractivity contribution in [3.05, 3.63) is 72.0 Å². The summed E-state index contributed by atoms with van der Waals surface area (Å²) in [4.78, 5) is 12.0. The van der Waals surface area contributed by atoms with Gasteiger partial charge >= 0.3 is 13.0 Å². The molecule has 3 aromatic carbocycles. The van der Waals surface area contributed by atoms with Crippen molar-refractivity contribution in [1.29, 1.82) is 0 Å². The number of benzene rings is 3. The predicted octanol–water partition coefficient (Wildman–Crippen LogP) is 4.19. The van der Waals surface area contributed by atoms with E-state index >= 15 is 0 Å². The molecule has 0 bridgehead atoms. The van der Waals surface area contributed by atoms with Crippen molar-refractivity contribution in [2.75, 3.05) is 17.6 Å². The van der Waals surface area contributed by atoms with Crippen LogP contribution in [-0.2, 0) is 9.53 Å². The number of ether oxygens (including phenoxy) is 1. The first-order chi connectivity index (χ1) is 12.7. The number of hydrogen-bond acceptors (Lipinski definition) is 4. The second-order valence-electron chi connectivity index (χ2n) is 6.41. The second-order valence-corrected chi connectivity index (χ2v) is 6.41. The summed E-state index contributed by atoms with van der Waals surface area (Å²) in [5.74, 6) is -0.822. The topological polar surface area (TPSA) is 50.4 Å². The number of carbonyl (C=O) groups is 1. The fraction of sp³-hybridized carbons (Fsp3) is 0.150. The van der Waals surface area contributed by atoms with Gasteiger partial charge in [0.25, 0.3) is 0 Å². The highest BCUT2D eigenvalue weighted by molar-refractivity contribution is 6.69. The monoisotopic (exact) mass is 348 g/mol. The maximum atomic E-state index is 13.3. The Morgan fingerprint density at radius 1 is 1.04 bits per heavy atom. The average molecular weight is 348 g/mol. The van der Waals surface area contributed by atoms with E-state index in [1.54, 1.807) is 12.1 Å². The lowest BCUT2D eigenvalue weighted by Gasteiger charge is -2.31. The Labute approximate surface area is 151 Å². The summed E-state index contributed by atoms with van der Waals surface area (Å²) < 4.78 is 18.2. The van der Waals surface area contributed by atoms with Crippen LogP contribution in [0.4, 0.5) is 15.8 Å². The molecular formula is C20H18BFN2O2. The maximum Gasteiger partial charge on any atom is 0.378 e. The van der Waals surface area contributed by atoms with Crippen LogP contribution in [-0.4, -0.2) is 20.1 Å². The van der Waals surface area contributed by atoms with Crippen LogP contribution in [0.2, 0.25) is 0 Å². The van der Waals surface area contributed by atoms with E-state index in [2.05, 4.69) is 22.6 Å². The van der Waals surface area contributed by atoms with Gasteiger partial charge in [0.05, 0.1) is 7.11 Å². The molecule has 3 aromatic rings. The van der Waals surface area contributed by atoms with Crippen molar-refractivity contribution in [3.8, 4) is 0 Å². The Balaban J connectivity index is 1.72. The third-order valence-corrected chi connectivity index (χ3v) is 4.84. The van der Waals surface area contributed by atoms with Gasteiger partial charge < -0.3 is 15.2 Å². The highest BCUT2D eigenvalue weighted by atomic mass is 19.1. The van der Waals surface area contributed by atoms with Gasteiger partial charge in [0.15, 0.2) is 0 Å². The highest BCUT2D eigenvalue weighted by Crippen LogP contribution is 2.37. The SMILES string of the molecule is COC(=O)C[C@@H](B1Nc2cccc3cccc(c23)N1)c1ccc(F)cc1. The minimum Gasteiger partial charge on any atom is -0.469 e. The van der Waals surface area contributed by atoms with Crippen LogP contribution < -0.4 is 10.5 Å². The van der Waals surface area contributed by atoms with Gasteiger partial charge in [0.2, 0.25) is 0 Å². The first-order valence-electron chi connectivity index (χ1n) is 8.53. The van der Waals surface area contributed by atoms with Gasteiger partial charge in [-0.25, -0.2) is 4.39 Å². The molecule has 1 heterocycles. The molecule has 130 valence electrons. The van der Waals surface area contributed by atoms with E-state index in [9.17, 15) is 9.18 Å². The number of methoxy groups -OCH3 is 1. The molecule has 1 atom stereocenters. The van der Waals surface area contributed by atoms with Crippen molar-refractivity contribution >= 4 is 35.1 Å². The molecule has 1 aliphatic rings. The molecule has 0 spiro atoms. The van der Waals surface area contributed by atoms with Crippen molar-refractivity contribution in [2.24, 2.45) is 0 Å². The van der Waals surface area contributed by atoms with E-state index in [0.717, 1.165) is 27.7 Å². The quantitative estimate of drug-likeness (QED) is 0.548. The summed E-state index contributed by atoms with van der Waals surface area (Å²) in [6.07, 6.45) is 0.185. The zero-order chi connectivity index (χ0) is 18.1. The summed E-state index contributed by atoms with van der Waals surface area (Å²) in [5, 5.41) is 9.25. The lowest BCUT2D eigenvalue weighted by atomic mass is 9.56. The Hall–Kier alpha value is -3.02. The highest BCUT2D eigenvalue weighted by Gasteiger charge is 2.34. The van der Waals surface area contributed by atoms with Crippen LogP contribution in [0.1, 0.15) is 17.8 Å². The Bertz CT molecular complexity index is 921. The molecule has 4 rings (SSSR count). The third kappa shape index (κ3) is 2.99. The van der Waals surface area contributed by atoms with Crippen LogP contribution in [0.25, 0.3) is 10.8 Å². The van der Waals surface area contributed by atoms with E-state index < -0.39 is 0 Å². The van der Waals surface area contributed by atoms with Crippen molar-refractivity contribution in [3.63, 3.8) is 0 Å². The second kappa shape index (κ2) is 6.71. The van der Waals surface area contributed by atoms with E-state index in [0.29, 0.717) is 0 Å². The molecule has 4 nitrogen and oxygen atoms in total. The van der Waals surface area contributed by atoms with Crippen LogP contribution in [0, 0.1) is 5.82 Å². The number of carbonyl (C=O) groups excluding carboxylic acids is 1. The molecule has 0 radical (unpaired) electrons. The summed E-state index contributed by atoms with van der Waals surface area (Å²) in [6.45, 7) is -0.222. The van der Waals surface area contributed by atoms with Crippen LogP contribution in [0.15, 0.2) is 60.7 Å². The van der Waals surface area contributed by atoms with Crippen LogP contribution in [0.5, 0.6) is 0 Å². The van der Waals surface area contributed by atoms with E-state index in [1.165, 1.54) is 19.2 Å². The zero-order valence-corrected chi connectivity index (χ0v) is 14.3. The number of rotatable bonds is 4. The molecule has 0 amide bonds. The van der Waals surface area contributed by atoms with Crippen LogP contribution in [0.3, 0.4) is 0 Å². The Morgan fingerprint density at radius 2 is 1.65 bits per heavy atom. The van der Waals surface area contributed by atoms with E-state index in [1.807, 2.05) is 24.3 Å². The van der Waals surface area contributed by atoms with Crippen molar-refractivity contribution in [1.82, 2.24) is 0 Å². The molecule has 2 N–H and O–H groups in total. The smallest absolute Gasteiger partial charge is 0.378 e.